The highest BCUT2D eigenvalue weighted by molar-refractivity contribution is 5.99. The van der Waals surface area contributed by atoms with Gasteiger partial charge >= 0.3 is 0 Å². The summed E-state index contributed by atoms with van der Waals surface area (Å²) in [6.07, 6.45) is 3.61. The third-order valence-electron chi connectivity index (χ3n) is 5.74. The van der Waals surface area contributed by atoms with Crippen LogP contribution in [-0.2, 0) is 6.54 Å². The molecule has 0 N–H and O–H groups in total. The van der Waals surface area contributed by atoms with Crippen LogP contribution in [0.15, 0.2) is 80.6 Å². The van der Waals surface area contributed by atoms with Gasteiger partial charge in [0, 0.05) is 0 Å². The van der Waals surface area contributed by atoms with Gasteiger partial charge in [0.05, 0.1) is 36.4 Å². The fourth-order valence-corrected chi connectivity index (χ4v) is 4.13. The van der Waals surface area contributed by atoms with Crippen LogP contribution in [0.3, 0.4) is 0 Å². The maximum atomic E-state index is 13.5. The van der Waals surface area contributed by atoms with Crippen LogP contribution >= 0.6 is 0 Å². The van der Waals surface area contributed by atoms with Crippen molar-refractivity contribution >= 4 is 16.9 Å². The molecule has 32 heavy (non-hydrogen) atoms. The first-order chi connectivity index (χ1) is 15.7. The zero-order valence-electron chi connectivity index (χ0n) is 17.7. The van der Waals surface area contributed by atoms with Gasteiger partial charge in [-0.2, -0.15) is 0 Å². The Morgan fingerprint density at radius 1 is 1.00 bits per heavy atom. The SMILES string of the molecule is CCCCOc1ccc(C2c3c(oc4ccccc4c3=O)C(=O)N2Cc2ccco2)cc1. The van der Waals surface area contributed by atoms with E-state index >= 15 is 0 Å². The molecule has 0 bridgehead atoms. The molecule has 1 unspecified atom stereocenters. The molecule has 0 fully saturated rings. The number of unbranched alkanes of at least 4 members (excludes halogenated alkanes) is 1. The number of carbonyl (C=O) groups excluding carboxylic acids is 1. The summed E-state index contributed by atoms with van der Waals surface area (Å²) in [5.41, 5.74) is 1.39. The lowest BCUT2D eigenvalue weighted by Crippen LogP contribution is -2.29. The first-order valence-corrected chi connectivity index (χ1v) is 10.8. The minimum atomic E-state index is -0.576. The number of nitrogens with zero attached hydrogens (tertiary/aromatic N) is 1. The van der Waals surface area contributed by atoms with E-state index in [0.29, 0.717) is 28.9 Å². The van der Waals surface area contributed by atoms with Gasteiger partial charge in [-0.3, -0.25) is 9.59 Å². The lowest BCUT2D eigenvalue weighted by molar-refractivity contribution is 0.0701. The molecule has 162 valence electrons. The molecule has 1 amide bonds. The van der Waals surface area contributed by atoms with Gasteiger partial charge in [0.25, 0.3) is 5.91 Å². The summed E-state index contributed by atoms with van der Waals surface area (Å²) < 4.78 is 17.2. The maximum absolute atomic E-state index is 13.5. The van der Waals surface area contributed by atoms with Crippen molar-refractivity contribution in [2.45, 2.75) is 32.4 Å². The summed E-state index contributed by atoms with van der Waals surface area (Å²) in [4.78, 5) is 28.4. The molecule has 0 radical (unpaired) electrons. The first-order valence-electron chi connectivity index (χ1n) is 10.8. The molecule has 4 aromatic rings. The molecule has 0 spiro atoms. The van der Waals surface area contributed by atoms with Crippen molar-refractivity contribution in [1.29, 1.82) is 0 Å². The van der Waals surface area contributed by atoms with E-state index in [1.807, 2.05) is 30.3 Å². The fraction of sp³-hybridized carbons (Fsp3) is 0.231. The Balaban J connectivity index is 1.60. The van der Waals surface area contributed by atoms with Gasteiger partial charge in [0.2, 0.25) is 5.76 Å². The number of ether oxygens (including phenoxy) is 1. The maximum Gasteiger partial charge on any atom is 0.291 e. The molecule has 0 saturated heterocycles. The molecule has 5 rings (SSSR count). The van der Waals surface area contributed by atoms with Crippen LogP contribution in [0.1, 0.15) is 53.2 Å². The Hall–Kier alpha value is -3.80. The van der Waals surface area contributed by atoms with Crippen molar-refractivity contribution in [1.82, 2.24) is 4.90 Å². The second kappa shape index (κ2) is 8.38. The summed E-state index contributed by atoms with van der Waals surface area (Å²) in [5.74, 6) is 1.16. The molecular formula is C26H23NO5. The first kappa shape index (κ1) is 20.1. The summed E-state index contributed by atoms with van der Waals surface area (Å²) in [5, 5.41) is 0.461. The lowest BCUT2D eigenvalue weighted by atomic mass is 9.98. The van der Waals surface area contributed by atoms with Crippen LogP contribution in [0.5, 0.6) is 5.75 Å². The molecule has 1 aliphatic heterocycles. The summed E-state index contributed by atoms with van der Waals surface area (Å²) >= 11 is 0. The predicted octanol–water partition coefficient (Wildman–Crippen LogP) is 5.31. The van der Waals surface area contributed by atoms with Gasteiger partial charge < -0.3 is 18.5 Å². The normalized spacial score (nSPS) is 15.3. The van der Waals surface area contributed by atoms with E-state index in [2.05, 4.69) is 6.92 Å². The Labute approximate surface area is 185 Å². The van der Waals surface area contributed by atoms with Gasteiger partial charge in [-0.1, -0.05) is 37.6 Å². The van der Waals surface area contributed by atoms with E-state index < -0.39 is 6.04 Å². The Bertz CT molecular complexity index is 1300. The number of amides is 1. The number of rotatable bonds is 7. The van der Waals surface area contributed by atoms with E-state index in [1.54, 1.807) is 41.5 Å². The summed E-state index contributed by atoms with van der Waals surface area (Å²) in [6, 6.07) is 17.6. The van der Waals surface area contributed by atoms with E-state index in [1.165, 1.54) is 0 Å². The van der Waals surface area contributed by atoms with Gasteiger partial charge in [-0.25, -0.2) is 0 Å². The molecule has 6 nitrogen and oxygen atoms in total. The molecule has 2 aromatic carbocycles. The molecule has 1 atom stereocenters. The molecule has 3 heterocycles. The zero-order chi connectivity index (χ0) is 22.1. The summed E-state index contributed by atoms with van der Waals surface area (Å²) in [6.45, 7) is 3.00. The van der Waals surface area contributed by atoms with Crippen molar-refractivity contribution in [2.75, 3.05) is 6.61 Å². The number of hydrogen-bond acceptors (Lipinski definition) is 5. The van der Waals surface area contributed by atoms with Crippen LogP contribution in [0.4, 0.5) is 0 Å². The Morgan fingerprint density at radius 2 is 1.81 bits per heavy atom. The highest BCUT2D eigenvalue weighted by Crippen LogP contribution is 2.39. The standard InChI is InChI=1S/C26H23NO5/c1-2-3-14-30-18-12-10-17(11-13-18)23-22-24(28)20-8-4-5-9-21(20)32-25(22)26(29)27(23)16-19-7-6-15-31-19/h4-13,15,23H,2-3,14,16H2,1H3. The Morgan fingerprint density at radius 3 is 2.56 bits per heavy atom. The predicted molar refractivity (Wildman–Crippen MR) is 120 cm³/mol. The number of para-hydroxylation sites is 1. The van der Waals surface area contributed by atoms with Crippen LogP contribution in [0.25, 0.3) is 11.0 Å². The average Bonchev–Trinajstić information content (AvgIpc) is 3.42. The quantitative estimate of drug-likeness (QED) is 0.372. The molecule has 1 aliphatic rings. The van der Waals surface area contributed by atoms with E-state index in [9.17, 15) is 9.59 Å². The third kappa shape index (κ3) is 3.47. The number of hydrogen-bond donors (Lipinski definition) is 0. The van der Waals surface area contributed by atoms with Crippen molar-refractivity contribution in [3.05, 3.63) is 99.8 Å². The Kier molecular flexibility index (Phi) is 5.27. The fourth-order valence-electron chi connectivity index (χ4n) is 4.13. The van der Waals surface area contributed by atoms with Crippen molar-refractivity contribution in [2.24, 2.45) is 0 Å². The van der Waals surface area contributed by atoms with Crippen LogP contribution < -0.4 is 10.2 Å². The average molecular weight is 429 g/mol. The number of benzene rings is 2. The van der Waals surface area contributed by atoms with Gasteiger partial charge in [-0.05, 0) is 48.4 Å². The summed E-state index contributed by atoms with van der Waals surface area (Å²) in [7, 11) is 0. The van der Waals surface area contributed by atoms with Crippen LogP contribution in [0, 0.1) is 0 Å². The number of fused-ring (bicyclic) bond motifs is 2. The van der Waals surface area contributed by atoms with Gasteiger partial charge in [0.15, 0.2) is 5.43 Å². The third-order valence-corrected chi connectivity index (χ3v) is 5.74. The molecular weight excluding hydrogens is 406 g/mol. The minimum Gasteiger partial charge on any atom is -0.494 e. The van der Waals surface area contributed by atoms with Crippen molar-refractivity contribution < 1.29 is 18.4 Å². The zero-order valence-corrected chi connectivity index (χ0v) is 17.7. The largest absolute Gasteiger partial charge is 0.494 e. The monoisotopic (exact) mass is 429 g/mol. The van der Waals surface area contributed by atoms with E-state index in [0.717, 1.165) is 24.2 Å². The smallest absolute Gasteiger partial charge is 0.291 e. The van der Waals surface area contributed by atoms with Crippen LogP contribution in [-0.4, -0.2) is 17.4 Å². The highest BCUT2D eigenvalue weighted by Gasteiger charge is 2.43. The second-order valence-electron chi connectivity index (χ2n) is 7.86. The number of carbonyl (C=O) groups is 1. The topological polar surface area (TPSA) is 72.9 Å². The van der Waals surface area contributed by atoms with Crippen LogP contribution in [0.2, 0.25) is 0 Å². The number of furan rings is 1. The van der Waals surface area contributed by atoms with E-state index in [4.69, 9.17) is 13.6 Å². The van der Waals surface area contributed by atoms with Gasteiger partial charge in [-0.15, -0.1) is 0 Å². The van der Waals surface area contributed by atoms with Crippen molar-refractivity contribution in [3.63, 3.8) is 0 Å². The second-order valence-corrected chi connectivity index (χ2v) is 7.86. The molecule has 6 heteroatoms. The molecule has 0 saturated carbocycles. The van der Waals surface area contributed by atoms with Gasteiger partial charge in [0.1, 0.15) is 17.1 Å². The molecule has 2 aromatic heterocycles. The molecule has 0 aliphatic carbocycles. The minimum absolute atomic E-state index is 0.0912. The van der Waals surface area contributed by atoms with E-state index in [-0.39, 0.29) is 23.6 Å². The lowest BCUT2D eigenvalue weighted by Gasteiger charge is -2.24. The van der Waals surface area contributed by atoms with Crippen molar-refractivity contribution in [3.8, 4) is 5.75 Å². The highest BCUT2D eigenvalue weighted by atomic mass is 16.5.